The Labute approximate surface area is 140 Å². The molecular weight excluding hydrogens is 369 g/mol. The fourth-order valence-electron chi connectivity index (χ4n) is 1.53. The van der Waals surface area contributed by atoms with E-state index < -0.39 is 0 Å². The van der Waals surface area contributed by atoms with Gasteiger partial charge in [-0.2, -0.15) is 0 Å². The van der Waals surface area contributed by atoms with Crippen LogP contribution in [0.1, 0.15) is 52.9 Å². The summed E-state index contributed by atoms with van der Waals surface area (Å²) in [5.41, 5.74) is 5.71. The number of esters is 1. The number of rotatable bonds is 10. The van der Waals surface area contributed by atoms with E-state index in [1.807, 2.05) is 6.92 Å². The smallest absolute Gasteiger partial charge is 0.305 e. The Hall–Kier alpha value is -0.530. The molecule has 0 radical (unpaired) electrons. The molecule has 0 spiro atoms. The zero-order chi connectivity index (χ0) is 14.5. The monoisotopic (exact) mass is 399 g/mol. The number of unbranched alkanes of at least 4 members (excludes halogenated alkanes) is 3. The van der Waals surface area contributed by atoms with E-state index in [-0.39, 0.29) is 29.9 Å². The van der Waals surface area contributed by atoms with E-state index in [0.717, 1.165) is 38.8 Å². The minimum atomic E-state index is -0.0920. The fraction of sp³-hybridized carbons (Fsp3) is 0.857. The Morgan fingerprint density at radius 1 is 1.25 bits per heavy atom. The minimum absolute atomic E-state index is 0. The molecule has 0 aromatic heterocycles. The van der Waals surface area contributed by atoms with Crippen LogP contribution in [0, 0.1) is 5.92 Å². The molecule has 3 N–H and O–H groups in total. The maximum atomic E-state index is 11.1. The van der Waals surface area contributed by atoms with Gasteiger partial charge >= 0.3 is 5.97 Å². The summed E-state index contributed by atoms with van der Waals surface area (Å²) in [6.07, 6.45) is 4.60. The second-order valence-electron chi connectivity index (χ2n) is 5.02. The van der Waals surface area contributed by atoms with Crippen LogP contribution < -0.4 is 11.1 Å². The summed E-state index contributed by atoms with van der Waals surface area (Å²) in [5.74, 6) is 0.967. The molecule has 0 heterocycles. The lowest BCUT2D eigenvalue weighted by Crippen LogP contribution is -2.32. The summed E-state index contributed by atoms with van der Waals surface area (Å²) < 4.78 is 4.86. The number of aliphatic imine (C=N–C) groups is 1. The van der Waals surface area contributed by atoms with Gasteiger partial charge < -0.3 is 15.8 Å². The van der Waals surface area contributed by atoms with Crippen LogP contribution in [0.5, 0.6) is 0 Å². The van der Waals surface area contributed by atoms with Crippen LogP contribution >= 0.6 is 24.0 Å². The number of nitrogens with two attached hydrogens (primary N) is 1. The Bertz CT molecular complexity index is 271. The zero-order valence-electron chi connectivity index (χ0n) is 13.0. The Morgan fingerprint density at radius 2 is 1.90 bits per heavy atom. The number of halogens is 1. The maximum absolute atomic E-state index is 11.1. The van der Waals surface area contributed by atoms with E-state index in [9.17, 15) is 4.79 Å². The van der Waals surface area contributed by atoms with E-state index in [1.54, 1.807) is 0 Å². The summed E-state index contributed by atoms with van der Waals surface area (Å²) in [4.78, 5) is 15.3. The summed E-state index contributed by atoms with van der Waals surface area (Å²) in [6.45, 7) is 8.12. The van der Waals surface area contributed by atoms with Crippen molar-refractivity contribution in [2.45, 2.75) is 52.9 Å². The third kappa shape index (κ3) is 15.5. The first kappa shape index (κ1) is 21.8. The zero-order valence-corrected chi connectivity index (χ0v) is 15.3. The number of hydrogen-bond donors (Lipinski definition) is 2. The lowest BCUT2D eigenvalue weighted by atomic mass is 10.1. The Kier molecular flexibility index (Phi) is 16.2. The lowest BCUT2D eigenvalue weighted by molar-refractivity contribution is -0.143. The van der Waals surface area contributed by atoms with Crippen LogP contribution in [-0.2, 0) is 9.53 Å². The molecule has 120 valence electrons. The van der Waals surface area contributed by atoms with Crippen molar-refractivity contribution in [1.29, 1.82) is 0 Å². The van der Waals surface area contributed by atoms with Crippen molar-refractivity contribution >= 4 is 35.9 Å². The molecule has 5 nitrogen and oxygen atoms in total. The summed E-state index contributed by atoms with van der Waals surface area (Å²) >= 11 is 0. The van der Waals surface area contributed by atoms with Gasteiger partial charge in [0, 0.05) is 19.5 Å². The lowest BCUT2D eigenvalue weighted by Gasteiger charge is -2.06. The van der Waals surface area contributed by atoms with Gasteiger partial charge in [0.15, 0.2) is 5.96 Å². The molecule has 0 unspecified atom stereocenters. The third-order valence-electron chi connectivity index (χ3n) is 2.55. The number of ether oxygens (including phenoxy) is 1. The van der Waals surface area contributed by atoms with Gasteiger partial charge in [0.25, 0.3) is 0 Å². The van der Waals surface area contributed by atoms with Gasteiger partial charge in [0.2, 0.25) is 0 Å². The largest absolute Gasteiger partial charge is 0.466 e. The Morgan fingerprint density at radius 3 is 2.50 bits per heavy atom. The highest BCUT2D eigenvalue weighted by atomic mass is 127. The van der Waals surface area contributed by atoms with Crippen LogP contribution in [0.4, 0.5) is 0 Å². The molecular formula is C14H30IN3O2. The number of guanidine groups is 1. The molecule has 0 atom stereocenters. The average Bonchev–Trinajstić information content (AvgIpc) is 2.35. The summed E-state index contributed by atoms with van der Waals surface area (Å²) in [6, 6.07) is 0. The van der Waals surface area contributed by atoms with E-state index in [0.29, 0.717) is 24.9 Å². The number of carbonyl (C=O) groups is 1. The predicted molar refractivity (Wildman–Crippen MR) is 94.5 cm³/mol. The van der Waals surface area contributed by atoms with Gasteiger partial charge in [-0.15, -0.1) is 24.0 Å². The summed E-state index contributed by atoms with van der Waals surface area (Å²) in [7, 11) is 0. The molecule has 0 bridgehead atoms. The van der Waals surface area contributed by atoms with Crippen molar-refractivity contribution in [1.82, 2.24) is 5.32 Å². The first-order chi connectivity index (χ1) is 9.06. The number of nitrogens with zero attached hydrogens (tertiary/aromatic N) is 1. The second kappa shape index (κ2) is 14.9. The predicted octanol–water partition coefficient (Wildman–Crippen LogP) is 2.68. The van der Waals surface area contributed by atoms with E-state index >= 15 is 0 Å². The van der Waals surface area contributed by atoms with Gasteiger partial charge in [0.05, 0.1) is 6.61 Å². The van der Waals surface area contributed by atoms with Gasteiger partial charge in [0.1, 0.15) is 0 Å². The number of nitrogens with one attached hydrogen (secondary N) is 1. The number of carbonyl (C=O) groups excluding carboxylic acids is 1. The van der Waals surface area contributed by atoms with Gasteiger partial charge in [-0.3, -0.25) is 9.79 Å². The molecule has 0 aliphatic heterocycles. The van der Waals surface area contributed by atoms with Crippen LogP contribution in [-0.4, -0.2) is 31.6 Å². The van der Waals surface area contributed by atoms with Crippen LogP contribution in [0.2, 0.25) is 0 Å². The highest BCUT2D eigenvalue weighted by Gasteiger charge is 2.00. The van der Waals surface area contributed by atoms with Crippen molar-refractivity contribution in [3.05, 3.63) is 0 Å². The topological polar surface area (TPSA) is 76.7 Å². The van der Waals surface area contributed by atoms with Gasteiger partial charge in [-0.1, -0.05) is 26.7 Å². The van der Waals surface area contributed by atoms with Crippen molar-refractivity contribution in [3.8, 4) is 0 Å². The van der Waals surface area contributed by atoms with Crippen molar-refractivity contribution in [2.75, 3.05) is 19.7 Å². The first-order valence-corrected chi connectivity index (χ1v) is 7.25. The maximum Gasteiger partial charge on any atom is 0.305 e. The normalized spacial score (nSPS) is 11.1. The molecule has 6 heteroatoms. The molecule has 20 heavy (non-hydrogen) atoms. The van der Waals surface area contributed by atoms with E-state index in [2.05, 4.69) is 24.2 Å². The van der Waals surface area contributed by atoms with Crippen LogP contribution in [0.3, 0.4) is 0 Å². The Balaban J connectivity index is 0. The second-order valence-corrected chi connectivity index (χ2v) is 5.02. The average molecular weight is 399 g/mol. The molecule has 0 saturated heterocycles. The highest BCUT2D eigenvalue weighted by Crippen LogP contribution is 2.03. The molecule has 0 aliphatic rings. The minimum Gasteiger partial charge on any atom is -0.466 e. The molecule has 0 aliphatic carbocycles. The van der Waals surface area contributed by atoms with Gasteiger partial charge in [-0.05, 0) is 25.7 Å². The van der Waals surface area contributed by atoms with Crippen molar-refractivity contribution in [2.24, 2.45) is 16.6 Å². The number of hydrogen-bond acceptors (Lipinski definition) is 3. The van der Waals surface area contributed by atoms with Gasteiger partial charge in [-0.25, -0.2) is 0 Å². The molecule has 0 aromatic rings. The quantitative estimate of drug-likeness (QED) is 0.195. The SMILES string of the molecule is CCOC(=O)CCCCCCNC(N)=NCC(C)C.I. The van der Waals surface area contributed by atoms with E-state index in [1.165, 1.54) is 0 Å². The molecule has 0 amide bonds. The van der Waals surface area contributed by atoms with Crippen molar-refractivity contribution < 1.29 is 9.53 Å². The van der Waals surface area contributed by atoms with Crippen molar-refractivity contribution in [3.63, 3.8) is 0 Å². The standard InChI is InChI=1S/C14H29N3O2.HI/c1-4-19-13(18)9-7-5-6-8-10-16-14(15)17-11-12(2)3;/h12H,4-11H2,1-3H3,(H3,15,16,17);1H. The van der Waals surface area contributed by atoms with E-state index in [4.69, 9.17) is 10.5 Å². The molecule has 0 saturated carbocycles. The third-order valence-corrected chi connectivity index (χ3v) is 2.55. The summed E-state index contributed by atoms with van der Waals surface area (Å²) in [5, 5.41) is 3.09. The fourth-order valence-corrected chi connectivity index (χ4v) is 1.53. The van der Waals surface area contributed by atoms with Crippen LogP contribution in [0.15, 0.2) is 4.99 Å². The highest BCUT2D eigenvalue weighted by molar-refractivity contribution is 14.0. The van der Waals surface area contributed by atoms with Crippen LogP contribution in [0.25, 0.3) is 0 Å². The first-order valence-electron chi connectivity index (χ1n) is 7.25. The molecule has 0 fully saturated rings. The molecule has 0 aromatic carbocycles. The molecule has 0 rings (SSSR count).